The van der Waals surface area contributed by atoms with Crippen molar-refractivity contribution < 1.29 is 4.74 Å². The summed E-state index contributed by atoms with van der Waals surface area (Å²) in [5, 5.41) is 0. The van der Waals surface area contributed by atoms with Gasteiger partial charge in [0, 0.05) is 11.3 Å². The van der Waals surface area contributed by atoms with Crippen LogP contribution in [-0.4, -0.2) is 9.97 Å². The number of hydrogen-bond acceptors (Lipinski definition) is 2. The van der Waals surface area contributed by atoms with Crippen LogP contribution in [-0.2, 0) is 0 Å². The Bertz CT molecular complexity index is 705. The Kier molecular flexibility index (Phi) is 3.73. The van der Waals surface area contributed by atoms with Gasteiger partial charge in [0.2, 0.25) is 0 Å². The molecule has 0 aliphatic heterocycles. The lowest BCUT2D eigenvalue weighted by atomic mass is 10.1. The van der Waals surface area contributed by atoms with Gasteiger partial charge in [0.15, 0.2) is 6.10 Å². The van der Waals surface area contributed by atoms with Crippen molar-refractivity contribution in [2.45, 2.75) is 20.0 Å². The van der Waals surface area contributed by atoms with E-state index in [1.165, 1.54) is 0 Å². The first-order valence-electron chi connectivity index (χ1n) is 7.07. The molecular weight excluding hydrogens is 260 g/mol. The van der Waals surface area contributed by atoms with Crippen molar-refractivity contribution in [3.05, 3.63) is 72.2 Å². The number of H-pyrrole nitrogens is 1. The highest BCUT2D eigenvalue weighted by molar-refractivity contribution is 5.61. The summed E-state index contributed by atoms with van der Waals surface area (Å²) in [6.45, 7) is 4.04. The Balaban J connectivity index is 1.84. The highest BCUT2D eigenvalue weighted by Crippen LogP contribution is 2.25. The summed E-state index contributed by atoms with van der Waals surface area (Å²) >= 11 is 0. The number of nitrogens with one attached hydrogen (secondary N) is 1. The van der Waals surface area contributed by atoms with Crippen molar-refractivity contribution in [1.82, 2.24) is 9.97 Å². The van der Waals surface area contributed by atoms with Crippen LogP contribution in [0.25, 0.3) is 11.3 Å². The molecule has 3 aromatic rings. The number of hydrogen-bond donors (Lipinski definition) is 1. The number of rotatable bonds is 4. The molecule has 0 aliphatic rings. The van der Waals surface area contributed by atoms with E-state index in [4.69, 9.17) is 9.72 Å². The minimum Gasteiger partial charge on any atom is -0.483 e. The fourth-order valence-electron chi connectivity index (χ4n) is 2.31. The molecule has 3 nitrogen and oxygen atoms in total. The molecule has 0 amide bonds. The SMILES string of the molecule is Cc1[nH]c(C(C)Oc2ccccc2)nc1-c1ccccc1. The number of benzene rings is 2. The van der Waals surface area contributed by atoms with Crippen LogP contribution in [0.2, 0.25) is 0 Å². The molecule has 0 bridgehead atoms. The van der Waals surface area contributed by atoms with Crippen molar-refractivity contribution in [2.75, 3.05) is 0 Å². The lowest BCUT2D eigenvalue weighted by molar-refractivity contribution is 0.217. The molecule has 0 spiro atoms. The number of nitrogens with zero attached hydrogens (tertiary/aromatic N) is 1. The van der Waals surface area contributed by atoms with Gasteiger partial charge in [-0.05, 0) is 26.0 Å². The summed E-state index contributed by atoms with van der Waals surface area (Å²) in [7, 11) is 0. The molecule has 1 N–H and O–H groups in total. The summed E-state index contributed by atoms with van der Waals surface area (Å²) in [6, 6.07) is 20.0. The maximum Gasteiger partial charge on any atom is 0.153 e. The minimum atomic E-state index is -0.122. The molecule has 0 radical (unpaired) electrons. The first-order chi connectivity index (χ1) is 10.2. The van der Waals surface area contributed by atoms with Crippen LogP contribution in [0.4, 0.5) is 0 Å². The smallest absolute Gasteiger partial charge is 0.153 e. The molecule has 0 saturated heterocycles. The fraction of sp³-hybridized carbons (Fsp3) is 0.167. The van der Waals surface area contributed by atoms with E-state index >= 15 is 0 Å². The number of para-hydroxylation sites is 1. The van der Waals surface area contributed by atoms with Gasteiger partial charge in [0.1, 0.15) is 11.6 Å². The normalized spacial score (nSPS) is 12.1. The molecule has 1 aromatic heterocycles. The second kappa shape index (κ2) is 5.83. The third kappa shape index (κ3) is 2.97. The highest BCUT2D eigenvalue weighted by Gasteiger charge is 2.15. The number of imidazole rings is 1. The lowest BCUT2D eigenvalue weighted by Crippen LogP contribution is -2.05. The molecule has 0 fully saturated rings. The Hall–Kier alpha value is -2.55. The van der Waals surface area contributed by atoms with Crippen LogP contribution < -0.4 is 4.74 Å². The number of ether oxygens (including phenoxy) is 1. The Morgan fingerprint density at radius 1 is 0.952 bits per heavy atom. The zero-order valence-corrected chi connectivity index (χ0v) is 12.2. The van der Waals surface area contributed by atoms with E-state index in [0.717, 1.165) is 28.5 Å². The second-order valence-corrected chi connectivity index (χ2v) is 5.03. The van der Waals surface area contributed by atoms with Crippen LogP contribution in [0.1, 0.15) is 24.5 Å². The van der Waals surface area contributed by atoms with Crippen LogP contribution in [0.3, 0.4) is 0 Å². The van der Waals surface area contributed by atoms with Gasteiger partial charge in [0.05, 0.1) is 5.69 Å². The standard InChI is InChI=1S/C18H18N2O/c1-13-17(15-9-5-3-6-10-15)20-18(19-13)14(2)21-16-11-7-4-8-12-16/h3-12,14H,1-2H3,(H,19,20). The molecule has 3 rings (SSSR count). The van der Waals surface area contributed by atoms with Crippen molar-refractivity contribution in [2.24, 2.45) is 0 Å². The summed E-state index contributed by atoms with van der Waals surface area (Å²) in [6.07, 6.45) is -0.122. The van der Waals surface area contributed by atoms with Gasteiger partial charge in [-0.3, -0.25) is 0 Å². The van der Waals surface area contributed by atoms with E-state index in [0.29, 0.717) is 0 Å². The van der Waals surface area contributed by atoms with Gasteiger partial charge in [0.25, 0.3) is 0 Å². The van der Waals surface area contributed by atoms with Gasteiger partial charge >= 0.3 is 0 Å². The third-order valence-corrected chi connectivity index (χ3v) is 3.39. The summed E-state index contributed by atoms with van der Waals surface area (Å²) in [4.78, 5) is 8.02. The highest BCUT2D eigenvalue weighted by atomic mass is 16.5. The fourth-order valence-corrected chi connectivity index (χ4v) is 2.31. The van der Waals surface area contributed by atoms with Crippen molar-refractivity contribution >= 4 is 0 Å². The van der Waals surface area contributed by atoms with E-state index < -0.39 is 0 Å². The summed E-state index contributed by atoms with van der Waals surface area (Å²) < 4.78 is 5.91. The van der Waals surface area contributed by atoms with Crippen molar-refractivity contribution in [3.63, 3.8) is 0 Å². The van der Waals surface area contributed by atoms with Crippen LogP contribution in [0, 0.1) is 6.92 Å². The summed E-state index contributed by atoms with van der Waals surface area (Å²) in [5.41, 5.74) is 3.15. The summed E-state index contributed by atoms with van der Waals surface area (Å²) in [5.74, 6) is 1.69. The number of aromatic amines is 1. The molecule has 2 aromatic carbocycles. The molecular formula is C18H18N2O. The number of aryl methyl sites for hydroxylation is 1. The molecule has 21 heavy (non-hydrogen) atoms. The number of aromatic nitrogens is 2. The molecule has 3 heteroatoms. The van der Waals surface area contributed by atoms with Crippen LogP contribution in [0.5, 0.6) is 5.75 Å². The van der Waals surface area contributed by atoms with Crippen molar-refractivity contribution in [3.8, 4) is 17.0 Å². The minimum absolute atomic E-state index is 0.122. The van der Waals surface area contributed by atoms with Gasteiger partial charge in [-0.15, -0.1) is 0 Å². The van der Waals surface area contributed by atoms with E-state index in [1.807, 2.05) is 62.4 Å². The maximum absolute atomic E-state index is 5.91. The van der Waals surface area contributed by atoms with E-state index in [-0.39, 0.29) is 6.10 Å². The molecule has 1 atom stereocenters. The van der Waals surface area contributed by atoms with E-state index in [2.05, 4.69) is 17.1 Å². The first-order valence-corrected chi connectivity index (χ1v) is 7.07. The zero-order chi connectivity index (χ0) is 14.7. The Labute approximate surface area is 124 Å². The predicted molar refractivity (Wildman–Crippen MR) is 84.2 cm³/mol. The van der Waals surface area contributed by atoms with Gasteiger partial charge in [-0.2, -0.15) is 0 Å². The van der Waals surface area contributed by atoms with Crippen LogP contribution >= 0.6 is 0 Å². The van der Waals surface area contributed by atoms with Gasteiger partial charge < -0.3 is 9.72 Å². The second-order valence-electron chi connectivity index (χ2n) is 5.03. The van der Waals surface area contributed by atoms with Crippen molar-refractivity contribution in [1.29, 1.82) is 0 Å². The molecule has 1 heterocycles. The van der Waals surface area contributed by atoms with Gasteiger partial charge in [-0.25, -0.2) is 4.98 Å². The van der Waals surface area contributed by atoms with Gasteiger partial charge in [-0.1, -0.05) is 48.5 Å². The largest absolute Gasteiger partial charge is 0.483 e. The Morgan fingerprint density at radius 3 is 2.24 bits per heavy atom. The quantitative estimate of drug-likeness (QED) is 0.761. The molecule has 0 aliphatic carbocycles. The average Bonchev–Trinajstić information content (AvgIpc) is 2.91. The molecule has 1 unspecified atom stereocenters. The molecule has 106 valence electrons. The molecule has 0 saturated carbocycles. The van der Waals surface area contributed by atoms with Crippen LogP contribution in [0.15, 0.2) is 60.7 Å². The monoisotopic (exact) mass is 278 g/mol. The van der Waals surface area contributed by atoms with E-state index in [1.54, 1.807) is 0 Å². The first kappa shape index (κ1) is 13.4. The third-order valence-electron chi connectivity index (χ3n) is 3.39. The lowest BCUT2D eigenvalue weighted by Gasteiger charge is -2.12. The predicted octanol–water partition coefficient (Wildman–Crippen LogP) is 4.53. The topological polar surface area (TPSA) is 37.9 Å². The van der Waals surface area contributed by atoms with E-state index in [9.17, 15) is 0 Å². The average molecular weight is 278 g/mol. The Morgan fingerprint density at radius 2 is 1.57 bits per heavy atom. The zero-order valence-electron chi connectivity index (χ0n) is 12.2. The maximum atomic E-state index is 5.91.